The number of aliphatic carboxylic acids is 1. The first kappa shape index (κ1) is 25.7. The second-order valence-corrected chi connectivity index (χ2v) is 11.0. The van der Waals surface area contributed by atoms with E-state index in [9.17, 15) is 23.7 Å². The van der Waals surface area contributed by atoms with Crippen LogP contribution in [0.15, 0.2) is 45.8 Å². The van der Waals surface area contributed by atoms with E-state index >= 15 is 0 Å². The fourth-order valence-corrected chi connectivity index (χ4v) is 6.18. The van der Waals surface area contributed by atoms with Crippen LogP contribution < -0.4 is 21.0 Å². The topological polar surface area (TPSA) is 166 Å². The number of aliphatic hydroxyl groups excluding tert-OH is 1. The Hall–Kier alpha value is -1.96. The van der Waals surface area contributed by atoms with Crippen molar-refractivity contribution in [2.45, 2.75) is 35.9 Å². The molecule has 1 fully saturated rings. The van der Waals surface area contributed by atoms with E-state index in [2.05, 4.69) is 26.0 Å². The Bertz CT molecular complexity index is 1110. The zero-order valence-corrected chi connectivity index (χ0v) is 20.4. The number of thioether (sulfide) groups is 1. The Morgan fingerprint density at radius 3 is 2.70 bits per heavy atom. The standard InChI is InChI=1S/C18H21BrFN4O7PS/c1-9(17(26)27)23-32(29,31-11-4-2-10(19)3-5-11)30-8-12-15(25)14(20)16(33-12)24-7-6-13(21)22-18(24)28/h2-7,9,12,14-16,25H,8H2,1H3,(H,23,29)(H,26,27)(H2,21,22,28)/t9?,12-,14+,15-,16-,32?/m1/s1. The molecule has 33 heavy (non-hydrogen) atoms. The van der Waals surface area contributed by atoms with Gasteiger partial charge in [0.1, 0.15) is 29.1 Å². The number of carboxylic acid groups (broad SMARTS) is 1. The van der Waals surface area contributed by atoms with Crippen molar-refractivity contribution >= 4 is 47.2 Å². The maximum atomic E-state index is 14.8. The monoisotopic (exact) mass is 566 g/mol. The third kappa shape index (κ3) is 6.34. The average Bonchev–Trinajstić information content (AvgIpc) is 3.02. The Balaban J connectivity index is 1.76. The minimum atomic E-state index is -4.26. The quantitative estimate of drug-likeness (QED) is 0.328. The molecule has 1 saturated heterocycles. The summed E-state index contributed by atoms with van der Waals surface area (Å²) in [6, 6.07) is 6.23. The molecule has 0 bridgehead atoms. The molecule has 0 saturated carbocycles. The highest BCUT2D eigenvalue weighted by Gasteiger charge is 2.46. The molecule has 3 rings (SSSR count). The van der Waals surface area contributed by atoms with Gasteiger partial charge in [-0.1, -0.05) is 15.9 Å². The van der Waals surface area contributed by atoms with E-state index in [0.717, 1.165) is 20.8 Å². The maximum Gasteiger partial charge on any atom is 0.459 e. The van der Waals surface area contributed by atoms with E-state index in [-0.39, 0.29) is 11.6 Å². The summed E-state index contributed by atoms with van der Waals surface area (Å²) in [5, 5.41) is 19.7. The third-order valence-electron chi connectivity index (χ3n) is 4.59. The number of aromatic nitrogens is 2. The first-order valence-electron chi connectivity index (χ1n) is 9.52. The summed E-state index contributed by atoms with van der Waals surface area (Å²) in [5.41, 5.74) is 4.67. The number of aliphatic hydroxyl groups is 1. The Kier molecular flexibility index (Phi) is 8.19. The lowest BCUT2D eigenvalue weighted by Gasteiger charge is -2.24. The molecule has 2 heterocycles. The molecule has 0 radical (unpaired) electrons. The number of halogens is 2. The van der Waals surface area contributed by atoms with Gasteiger partial charge in [-0.2, -0.15) is 10.1 Å². The second-order valence-electron chi connectivity index (χ2n) is 7.07. The number of hydrogen-bond donors (Lipinski definition) is 4. The molecular formula is C18H21BrFN4O7PS. The number of rotatable bonds is 9. The number of nitrogens with zero attached hydrogens (tertiary/aromatic N) is 2. The van der Waals surface area contributed by atoms with Crippen molar-refractivity contribution in [3.8, 4) is 5.75 Å². The van der Waals surface area contributed by atoms with Crippen molar-refractivity contribution < 1.29 is 33.0 Å². The van der Waals surface area contributed by atoms with Gasteiger partial charge in [-0.25, -0.2) is 13.8 Å². The van der Waals surface area contributed by atoms with Crippen LogP contribution in [-0.2, 0) is 13.9 Å². The van der Waals surface area contributed by atoms with Gasteiger partial charge in [0.2, 0.25) is 0 Å². The molecule has 2 unspecified atom stereocenters. The molecule has 1 aromatic carbocycles. The zero-order valence-electron chi connectivity index (χ0n) is 17.1. The summed E-state index contributed by atoms with van der Waals surface area (Å²) in [4.78, 5) is 26.9. The van der Waals surface area contributed by atoms with Gasteiger partial charge in [0.15, 0.2) is 6.17 Å². The highest BCUT2D eigenvalue weighted by molar-refractivity contribution is 9.10. The molecular weight excluding hydrogens is 546 g/mol. The Labute approximate surface area is 200 Å². The number of hydrogen-bond acceptors (Lipinski definition) is 9. The molecule has 1 aromatic heterocycles. The van der Waals surface area contributed by atoms with Crippen molar-refractivity contribution in [3.05, 3.63) is 51.5 Å². The molecule has 6 atom stereocenters. The van der Waals surface area contributed by atoms with Crippen LogP contribution in [0.3, 0.4) is 0 Å². The molecule has 0 aliphatic carbocycles. The number of nitrogens with two attached hydrogens (primary N) is 1. The number of benzene rings is 1. The lowest BCUT2D eigenvalue weighted by Crippen LogP contribution is -2.36. The van der Waals surface area contributed by atoms with Crippen LogP contribution in [0.25, 0.3) is 0 Å². The Morgan fingerprint density at radius 1 is 1.42 bits per heavy atom. The predicted molar refractivity (Wildman–Crippen MR) is 123 cm³/mol. The van der Waals surface area contributed by atoms with E-state index in [1.165, 1.54) is 31.3 Å². The van der Waals surface area contributed by atoms with Crippen LogP contribution in [-0.4, -0.2) is 55.9 Å². The van der Waals surface area contributed by atoms with Gasteiger partial charge in [0.05, 0.1) is 11.9 Å². The number of carbonyl (C=O) groups is 1. The SMILES string of the molecule is CC(NP(=O)(OC[C@H]1S[C@@H](n2ccc(N)nc2=O)[C@@H](F)[C@@H]1O)Oc1ccc(Br)cc1)C(=O)O. The summed E-state index contributed by atoms with van der Waals surface area (Å²) in [6.45, 7) is 0.781. The zero-order chi connectivity index (χ0) is 24.3. The summed E-state index contributed by atoms with van der Waals surface area (Å²) in [6.07, 6.45) is -2.16. The number of alkyl halides is 1. The minimum absolute atomic E-state index is 0.0280. The summed E-state index contributed by atoms with van der Waals surface area (Å²) >= 11 is 4.13. The van der Waals surface area contributed by atoms with Gasteiger partial charge in [-0.05, 0) is 37.3 Å². The molecule has 5 N–H and O–H groups in total. The van der Waals surface area contributed by atoms with Gasteiger partial charge in [0, 0.05) is 10.7 Å². The number of nitrogen functional groups attached to an aromatic ring is 1. The fourth-order valence-electron chi connectivity index (χ4n) is 2.87. The molecule has 11 nitrogen and oxygen atoms in total. The summed E-state index contributed by atoms with van der Waals surface area (Å²) in [5.74, 6) is -1.20. The normalized spacial score (nSPS) is 25.3. The number of nitrogens with one attached hydrogen (secondary N) is 1. The van der Waals surface area contributed by atoms with Crippen LogP contribution in [0.2, 0.25) is 0 Å². The van der Waals surface area contributed by atoms with Crippen molar-refractivity contribution in [2.75, 3.05) is 12.3 Å². The number of anilines is 1. The predicted octanol–water partition coefficient (Wildman–Crippen LogP) is 2.17. The molecule has 0 spiro atoms. The largest absolute Gasteiger partial charge is 0.480 e. The fraction of sp³-hybridized carbons (Fsp3) is 0.389. The summed E-state index contributed by atoms with van der Waals surface area (Å²) < 4.78 is 40.6. The minimum Gasteiger partial charge on any atom is -0.480 e. The maximum absolute atomic E-state index is 14.8. The van der Waals surface area contributed by atoms with Crippen molar-refractivity contribution in [1.82, 2.24) is 14.6 Å². The van der Waals surface area contributed by atoms with Crippen molar-refractivity contribution in [2.24, 2.45) is 0 Å². The Morgan fingerprint density at radius 2 is 2.09 bits per heavy atom. The smallest absolute Gasteiger partial charge is 0.459 e. The highest BCUT2D eigenvalue weighted by atomic mass is 79.9. The van der Waals surface area contributed by atoms with Gasteiger partial charge in [-0.15, -0.1) is 11.8 Å². The van der Waals surface area contributed by atoms with Gasteiger partial charge >= 0.3 is 19.4 Å². The highest BCUT2D eigenvalue weighted by Crippen LogP contribution is 2.49. The van der Waals surface area contributed by atoms with Crippen LogP contribution >= 0.6 is 35.4 Å². The average molecular weight is 567 g/mol. The first-order valence-corrected chi connectivity index (χ1v) is 12.8. The van der Waals surface area contributed by atoms with E-state index < -0.39 is 55.0 Å². The molecule has 1 aliphatic heterocycles. The van der Waals surface area contributed by atoms with Gasteiger partial charge in [-0.3, -0.25) is 13.9 Å². The third-order valence-corrected chi connectivity index (χ3v) is 8.29. The number of carboxylic acids is 1. The van der Waals surface area contributed by atoms with Crippen molar-refractivity contribution in [1.29, 1.82) is 0 Å². The van der Waals surface area contributed by atoms with Crippen LogP contribution in [0.5, 0.6) is 5.75 Å². The lowest BCUT2D eigenvalue weighted by atomic mass is 10.1. The van der Waals surface area contributed by atoms with E-state index in [1.807, 2.05) is 0 Å². The second kappa shape index (κ2) is 10.5. The molecule has 15 heteroatoms. The molecule has 2 aromatic rings. The lowest BCUT2D eigenvalue weighted by molar-refractivity contribution is -0.138. The van der Waals surface area contributed by atoms with Crippen LogP contribution in [0.4, 0.5) is 10.2 Å². The van der Waals surface area contributed by atoms with Gasteiger partial charge in [0.25, 0.3) is 0 Å². The molecule has 180 valence electrons. The molecule has 0 amide bonds. The first-order chi connectivity index (χ1) is 15.5. The van der Waals surface area contributed by atoms with Crippen LogP contribution in [0, 0.1) is 0 Å². The van der Waals surface area contributed by atoms with E-state index in [1.54, 1.807) is 12.1 Å². The van der Waals surface area contributed by atoms with Crippen molar-refractivity contribution in [3.63, 3.8) is 0 Å². The van der Waals surface area contributed by atoms with E-state index in [4.69, 9.17) is 19.9 Å². The van der Waals surface area contributed by atoms with Crippen LogP contribution in [0.1, 0.15) is 12.3 Å². The van der Waals surface area contributed by atoms with Gasteiger partial charge < -0.3 is 20.5 Å². The summed E-state index contributed by atoms with van der Waals surface area (Å²) in [7, 11) is -4.26. The molecule has 1 aliphatic rings. The van der Waals surface area contributed by atoms with E-state index in [0.29, 0.717) is 0 Å².